The third-order valence-electron chi connectivity index (χ3n) is 2.90. The predicted octanol–water partition coefficient (Wildman–Crippen LogP) is 5.78. The molecule has 1 aromatic carbocycles. The van der Waals surface area contributed by atoms with Crippen LogP contribution in [0.1, 0.15) is 36.2 Å². The Labute approximate surface area is 137 Å². The summed E-state index contributed by atoms with van der Waals surface area (Å²) in [5, 5.41) is 5.34. The smallest absolute Gasteiger partial charge is 0.0981 e. The van der Waals surface area contributed by atoms with Gasteiger partial charge in [-0.05, 0) is 40.5 Å². The minimum atomic E-state index is 0.108. The van der Waals surface area contributed by atoms with Gasteiger partial charge in [0, 0.05) is 26.0 Å². The normalized spacial score (nSPS) is 11.7. The Morgan fingerprint density at radius 3 is 2.65 bits per heavy atom. The minimum absolute atomic E-state index is 0.108. The highest BCUT2D eigenvalue weighted by Crippen LogP contribution is 2.31. The van der Waals surface area contributed by atoms with E-state index in [1.807, 2.05) is 25.3 Å². The number of rotatable bonds is 3. The molecule has 1 heterocycles. The standard InChI is InChI=1S/C15H18BrClN2S/c1-9-5-11(16)13(6-12(9)17)18-7-10-8-19-14(20-10)15(2,3)4/h5-6,8,18H,7H2,1-4H3. The van der Waals surface area contributed by atoms with Crippen molar-refractivity contribution in [3.05, 3.63) is 43.3 Å². The maximum Gasteiger partial charge on any atom is 0.0981 e. The van der Waals surface area contributed by atoms with Crippen molar-refractivity contribution < 1.29 is 0 Å². The van der Waals surface area contributed by atoms with E-state index in [1.165, 1.54) is 4.88 Å². The molecule has 5 heteroatoms. The summed E-state index contributed by atoms with van der Waals surface area (Å²) in [6.07, 6.45) is 1.95. The van der Waals surface area contributed by atoms with E-state index in [-0.39, 0.29) is 5.41 Å². The van der Waals surface area contributed by atoms with E-state index in [1.54, 1.807) is 11.3 Å². The van der Waals surface area contributed by atoms with Gasteiger partial charge >= 0.3 is 0 Å². The molecule has 0 amide bonds. The number of nitrogens with zero attached hydrogens (tertiary/aromatic N) is 1. The average molecular weight is 374 g/mol. The van der Waals surface area contributed by atoms with Crippen molar-refractivity contribution in [3.63, 3.8) is 0 Å². The Morgan fingerprint density at radius 2 is 2.05 bits per heavy atom. The lowest BCUT2D eigenvalue weighted by atomic mass is 9.98. The van der Waals surface area contributed by atoms with Gasteiger partial charge in [-0.2, -0.15) is 0 Å². The summed E-state index contributed by atoms with van der Waals surface area (Å²) >= 11 is 11.5. The molecule has 0 aliphatic heterocycles. The second kappa shape index (κ2) is 6.04. The maximum absolute atomic E-state index is 6.16. The summed E-state index contributed by atoms with van der Waals surface area (Å²) in [6.45, 7) is 9.29. The number of nitrogens with one attached hydrogen (secondary N) is 1. The van der Waals surface area contributed by atoms with Crippen LogP contribution in [-0.2, 0) is 12.0 Å². The monoisotopic (exact) mass is 372 g/mol. The predicted molar refractivity (Wildman–Crippen MR) is 92.0 cm³/mol. The van der Waals surface area contributed by atoms with Crippen LogP contribution in [0.5, 0.6) is 0 Å². The molecule has 0 spiro atoms. The maximum atomic E-state index is 6.16. The fraction of sp³-hybridized carbons (Fsp3) is 0.400. The van der Waals surface area contributed by atoms with Gasteiger partial charge in [0.25, 0.3) is 0 Å². The van der Waals surface area contributed by atoms with Crippen molar-refractivity contribution in [2.45, 2.75) is 39.7 Å². The Bertz CT molecular complexity index is 617. The molecule has 0 unspecified atom stereocenters. The summed E-state index contributed by atoms with van der Waals surface area (Å²) < 4.78 is 1.03. The zero-order chi connectivity index (χ0) is 14.9. The first-order chi connectivity index (χ1) is 9.27. The van der Waals surface area contributed by atoms with Gasteiger partial charge in [0.15, 0.2) is 0 Å². The number of hydrogen-bond acceptors (Lipinski definition) is 3. The fourth-order valence-corrected chi connectivity index (χ4v) is 3.37. The summed E-state index contributed by atoms with van der Waals surface area (Å²) in [4.78, 5) is 5.72. The zero-order valence-electron chi connectivity index (χ0n) is 12.1. The molecule has 0 atom stereocenters. The zero-order valence-corrected chi connectivity index (χ0v) is 15.2. The van der Waals surface area contributed by atoms with E-state index in [2.05, 4.69) is 47.0 Å². The number of halogens is 2. The van der Waals surface area contributed by atoms with Crippen LogP contribution in [0, 0.1) is 6.92 Å². The molecule has 0 fully saturated rings. The molecule has 1 N–H and O–H groups in total. The summed E-state index contributed by atoms with van der Waals surface area (Å²) in [5.41, 5.74) is 2.18. The number of hydrogen-bond donors (Lipinski definition) is 1. The number of aryl methyl sites for hydroxylation is 1. The van der Waals surface area contributed by atoms with Crippen molar-refractivity contribution in [2.75, 3.05) is 5.32 Å². The highest BCUT2D eigenvalue weighted by atomic mass is 79.9. The fourth-order valence-electron chi connectivity index (χ4n) is 1.70. The molecular formula is C15H18BrClN2S. The van der Waals surface area contributed by atoms with Crippen LogP contribution in [0.2, 0.25) is 5.02 Å². The lowest BCUT2D eigenvalue weighted by Gasteiger charge is -2.13. The molecule has 0 aliphatic rings. The van der Waals surface area contributed by atoms with Gasteiger partial charge in [-0.1, -0.05) is 32.4 Å². The van der Waals surface area contributed by atoms with E-state index in [0.29, 0.717) is 0 Å². The second-order valence-corrected chi connectivity index (χ2v) is 8.19. The van der Waals surface area contributed by atoms with Crippen LogP contribution in [-0.4, -0.2) is 4.98 Å². The van der Waals surface area contributed by atoms with Crippen molar-refractivity contribution in [1.29, 1.82) is 0 Å². The average Bonchev–Trinajstić information content (AvgIpc) is 2.80. The lowest BCUT2D eigenvalue weighted by molar-refractivity contribution is 0.585. The van der Waals surface area contributed by atoms with E-state index in [0.717, 1.165) is 32.3 Å². The number of benzene rings is 1. The molecule has 0 radical (unpaired) electrons. The Balaban J connectivity index is 2.09. The van der Waals surface area contributed by atoms with Gasteiger partial charge in [-0.3, -0.25) is 0 Å². The van der Waals surface area contributed by atoms with E-state index in [4.69, 9.17) is 11.6 Å². The van der Waals surface area contributed by atoms with Gasteiger partial charge in [0.05, 0.1) is 17.2 Å². The quantitative estimate of drug-likeness (QED) is 0.738. The molecule has 20 heavy (non-hydrogen) atoms. The van der Waals surface area contributed by atoms with E-state index >= 15 is 0 Å². The Kier molecular flexibility index (Phi) is 4.77. The highest BCUT2D eigenvalue weighted by Gasteiger charge is 2.17. The molecule has 0 aliphatic carbocycles. The van der Waals surface area contributed by atoms with Crippen molar-refractivity contribution >= 4 is 44.6 Å². The molecular weight excluding hydrogens is 356 g/mol. The van der Waals surface area contributed by atoms with Crippen LogP contribution in [0.4, 0.5) is 5.69 Å². The molecule has 0 saturated carbocycles. The third kappa shape index (κ3) is 3.74. The van der Waals surface area contributed by atoms with Gasteiger partial charge in [-0.15, -0.1) is 11.3 Å². The Morgan fingerprint density at radius 1 is 1.35 bits per heavy atom. The van der Waals surface area contributed by atoms with Gasteiger partial charge < -0.3 is 5.32 Å². The molecule has 0 bridgehead atoms. The number of aromatic nitrogens is 1. The first kappa shape index (κ1) is 15.8. The Hall–Kier alpha value is -0.580. The SMILES string of the molecule is Cc1cc(Br)c(NCc2cnc(C(C)(C)C)s2)cc1Cl. The first-order valence-corrected chi connectivity index (χ1v) is 8.41. The van der Waals surface area contributed by atoms with Gasteiger partial charge in [0.1, 0.15) is 0 Å². The van der Waals surface area contributed by atoms with Crippen LogP contribution in [0.3, 0.4) is 0 Å². The first-order valence-electron chi connectivity index (χ1n) is 6.42. The lowest BCUT2D eigenvalue weighted by Crippen LogP contribution is -2.09. The number of anilines is 1. The third-order valence-corrected chi connectivity index (χ3v) is 5.38. The van der Waals surface area contributed by atoms with Gasteiger partial charge in [-0.25, -0.2) is 4.98 Å². The summed E-state index contributed by atoms with van der Waals surface area (Å²) in [5.74, 6) is 0. The molecule has 108 valence electrons. The topological polar surface area (TPSA) is 24.9 Å². The number of thiazole rings is 1. The van der Waals surface area contributed by atoms with E-state index < -0.39 is 0 Å². The molecule has 0 saturated heterocycles. The van der Waals surface area contributed by atoms with E-state index in [9.17, 15) is 0 Å². The van der Waals surface area contributed by atoms with Gasteiger partial charge in [0.2, 0.25) is 0 Å². The molecule has 2 nitrogen and oxygen atoms in total. The van der Waals surface area contributed by atoms with Crippen LogP contribution in [0.25, 0.3) is 0 Å². The van der Waals surface area contributed by atoms with Crippen LogP contribution < -0.4 is 5.32 Å². The molecule has 1 aromatic heterocycles. The minimum Gasteiger partial charge on any atom is -0.379 e. The highest BCUT2D eigenvalue weighted by molar-refractivity contribution is 9.10. The van der Waals surface area contributed by atoms with Crippen molar-refractivity contribution in [1.82, 2.24) is 4.98 Å². The summed E-state index contributed by atoms with van der Waals surface area (Å²) in [7, 11) is 0. The molecule has 2 rings (SSSR count). The second-order valence-electron chi connectivity index (χ2n) is 5.82. The van der Waals surface area contributed by atoms with Crippen molar-refractivity contribution in [3.8, 4) is 0 Å². The van der Waals surface area contributed by atoms with Crippen LogP contribution in [0.15, 0.2) is 22.8 Å². The summed E-state index contributed by atoms with van der Waals surface area (Å²) in [6, 6.07) is 3.98. The largest absolute Gasteiger partial charge is 0.379 e. The molecule has 2 aromatic rings. The van der Waals surface area contributed by atoms with Crippen molar-refractivity contribution in [2.24, 2.45) is 0 Å². The van der Waals surface area contributed by atoms with Crippen LogP contribution >= 0.6 is 38.9 Å².